The van der Waals surface area contributed by atoms with Crippen molar-refractivity contribution in [3.63, 3.8) is 0 Å². The average molecular weight is 181 g/mol. The summed E-state index contributed by atoms with van der Waals surface area (Å²) in [5.41, 5.74) is 0.145. The summed E-state index contributed by atoms with van der Waals surface area (Å²) in [7, 11) is 0. The van der Waals surface area contributed by atoms with E-state index in [9.17, 15) is 14.9 Å². The topological polar surface area (TPSA) is 86.5 Å². The third-order valence-electron chi connectivity index (χ3n) is 1.52. The van der Waals surface area contributed by atoms with Gasteiger partial charge in [-0.25, -0.2) is 4.79 Å². The molecule has 2 aromatic rings. The van der Waals surface area contributed by atoms with Crippen LogP contribution in [0.3, 0.4) is 0 Å². The lowest BCUT2D eigenvalue weighted by Crippen LogP contribution is -1.86. The van der Waals surface area contributed by atoms with Crippen LogP contribution < -0.4 is 5.82 Å². The van der Waals surface area contributed by atoms with E-state index in [1.165, 1.54) is 12.1 Å². The molecule has 0 atom stereocenters. The maximum absolute atomic E-state index is 10.6. The molecule has 6 nitrogen and oxygen atoms in total. The van der Waals surface area contributed by atoms with Crippen LogP contribution in [0.4, 0.5) is 5.69 Å². The van der Waals surface area contributed by atoms with Gasteiger partial charge in [0.15, 0.2) is 11.2 Å². The van der Waals surface area contributed by atoms with Crippen LogP contribution in [0.5, 0.6) is 0 Å². The third kappa shape index (κ3) is 1.18. The van der Waals surface area contributed by atoms with Gasteiger partial charge in [-0.3, -0.25) is 10.1 Å². The number of rotatable bonds is 1. The summed E-state index contributed by atoms with van der Waals surface area (Å²) in [6, 6.07) is 3.69. The van der Waals surface area contributed by atoms with Gasteiger partial charge in [0, 0.05) is 6.07 Å². The van der Waals surface area contributed by atoms with Crippen molar-refractivity contribution < 1.29 is 13.8 Å². The van der Waals surface area contributed by atoms with Gasteiger partial charge in [-0.2, -0.15) is 0 Å². The van der Waals surface area contributed by atoms with E-state index in [1.807, 2.05) is 0 Å². The number of non-ortho nitro benzene ring substituents is 1. The van der Waals surface area contributed by atoms with Crippen molar-refractivity contribution in [3.8, 4) is 0 Å². The highest BCUT2D eigenvalue weighted by atomic mass is 16.6. The highest BCUT2D eigenvalue weighted by Crippen LogP contribution is 2.19. The summed E-state index contributed by atoms with van der Waals surface area (Å²) in [5.74, 6) is -0.865. The fraction of sp³-hybridized carbons (Fsp3) is 0. The van der Waals surface area contributed by atoms with E-state index in [-0.39, 0.29) is 16.9 Å². The lowest BCUT2D eigenvalue weighted by atomic mass is 10.3. The van der Waals surface area contributed by atoms with Crippen LogP contribution in [0.15, 0.2) is 31.8 Å². The number of benzene rings is 1. The molecule has 1 aromatic heterocycles. The molecule has 2 rings (SSSR count). The van der Waals surface area contributed by atoms with Crippen LogP contribution in [0.25, 0.3) is 11.2 Å². The molecule has 0 radical (unpaired) electrons. The SMILES string of the molecule is O=c1oc2ccc([N+](=O)[O-])cc2o1. The fourth-order valence-electron chi connectivity index (χ4n) is 0.975. The fourth-order valence-corrected chi connectivity index (χ4v) is 0.975. The molecule has 0 aliphatic heterocycles. The number of nitro groups is 1. The number of fused-ring (bicyclic) bond motifs is 1. The molecule has 0 fully saturated rings. The summed E-state index contributed by atoms with van der Waals surface area (Å²) in [6.07, 6.45) is 0. The van der Waals surface area contributed by atoms with Gasteiger partial charge in [0.1, 0.15) is 0 Å². The van der Waals surface area contributed by atoms with E-state index >= 15 is 0 Å². The summed E-state index contributed by atoms with van der Waals surface area (Å²) in [4.78, 5) is 20.3. The lowest BCUT2D eigenvalue weighted by molar-refractivity contribution is -0.384. The molecule has 0 amide bonds. The Bertz CT molecular complexity index is 523. The predicted octanol–water partition coefficient (Wildman–Crippen LogP) is 1.29. The molecule has 0 bridgehead atoms. The van der Waals surface area contributed by atoms with Crippen LogP contribution in [0.1, 0.15) is 0 Å². The highest BCUT2D eigenvalue weighted by molar-refractivity contribution is 5.72. The van der Waals surface area contributed by atoms with Crippen LogP contribution in [-0.2, 0) is 0 Å². The molecule has 0 N–H and O–H groups in total. The molecule has 0 unspecified atom stereocenters. The molecule has 6 heteroatoms. The van der Waals surface area contributed by atoms with Crippen molar-refractivity contribution in [2.24, 2.45) is 0 Å². The number of nitrogens with zero attached hydrogens (tertiary/aromatic N) is 1. The smallest absolute Gasteiger partial charge is 0.391 e. The first-order valence-corrected chi connectivity index (χ1v) is 3.35. The van der Waals surface area contributed by atoms with Gasteiger partial charge in [-0.1, -0.05) is 0 Å². The first kappa shape index (κ1) is 7.53. The highest BCUT2D eigenvalue weighted by Gasteiger charge is 2.10. The van der Waals surface area contributed by atoms with Crippen molar-refractivity contribution in [2.75, 3.05) is 0 Å². The summed E-state index contributed by atoms with van der Waals surface area (Å²) < 4.78 is 9.09. The second-order valence-electron chi connectivity index (χ2n) is 2.34. The zero-order valence-corrected chi connectivity index (χ0v) is 6.22. The van der Waals surface area contributed by atoms with E-state index in [4.69, 9.17) is 0 Å². The van der Waals surface area contributed by atoms with Gasteiger partial charge in [0.25, 0.3) is 5.69 Å². The molecule has 0 saturated carbocycles. The van der Waals surface area contributed by atoms with Gasteiger partial charge in [0.05, 0.1) is 11.0 Å². The van der Waals surface area contributed by atoms with Crippen LogP contribution in [-0.4, -0.2) is 4.92 Å². The zero-order valence-electron chi connectivity index (χ0n) is 6.22. The molecule has 0 saturated heterocycles. The summed E-state index contributed by atoms with van der Waals surface area (Å²) >= 11 is 0. The number of hydrogen-bond donors (Lipinski definition) is 0. The van der Waals surface area contributed by atoms with Crippen LogP contribution in [0.2, 0.25) is 0 Å². The van der Waals surface area contributed by atoms with Gasteiger partial charge < -0.3 is 8.83 Å². The molecular formula is C7H3NO5. The van der Waals surface area contributed by atoms with E-state index in [0.29, 0.717) is 0 Å². The molecule has 0 aliphatic carbocycles. The number of hydrogen-bond acceptors (Lipinski definition) is 5. The van der Waals surface area contributed by atoms with Gasteiger partial charge in [-0.15, -0.1) is 0 Å². The zero-order chi connectivity index (χ0) is 9.42. The maximum Gasteiger partial charge on any atom is 0.519 e. The Labute approximate surface area is 70.5 Å². The summed E-state index contributed by atoms with van der Waals surface area (Å²) in [5, 5.41) is 10.3. The summed E-state index contributed by atoms with van der Waals surface area (Å²) in [6.45, 7) is 0. The molecule has 0 aliphatic rings. The van der Waals surface area contributed by atoms with Crippen molar-refractivity contribution >= 4 is 16.9 Å². The number of nitro benzene ring substituents is 1. The van der Waals surface area contributed by atoms with Crippen LogP contribution in [0, 0.1) is 10.1 Å². The minimum Gasteiger partial charge on any atom is -0.391 e. The molecule has 0 spiro atoms. The van der Waals surface area contributed by atoms with E-state index < -0.39 is 10.7 Å². The largest absolute Gasteiger partial charge is 0.519 e. The monoisotopic (exact) mass is 181 g/mol. The van der Waals surface area contributed by atoms with E-state index in [2.05, 4.69) is 8.83 Å². The minimum atomic E-state index is -0.865. The predicted molar refractivity (Wildman–Crippen MR) is 41.4 cm³/mol. The van der Waals surface area contributed by atoms with Crippen LogP contribution >= 0.6 is 0 Å². The molecular weight excluding hydrogens is 178 g/mol. The standard InChI is InChI=1S/C7H3NO5/c9-7-12-5-2-1-4(8(10)11)3-6(5)13-7/h1-3H. The van der Waals surface area contributed by atoms with Crippen molar-refractivity contribution in [1.82, 2.24) is 0 Å². The molecule has 1 heterocycles. The molecule has 66 valence electrons. The quantitative estimate of drug-likeness (QED) is 0.488. The Morgan fingerprint density at radius 3 is 2.62 bits per heavy atom. The van der Waals surface area contributed by atoms with Gasteiger partial charge in [-0.05, 0) is 6.07 Å². The Balaban J connectivity index is 2.74. The lowest BCUT2D eigenvalue weighted by Gasteiger charge is -1.87. The first-order chi connectivity index (χ1) is 6.16. The Morgan fingerprint density at radius 1 is 1.23 bits per heavy atom. The molecule has 13 heavy (non-hydrogen) atoms. The van der Waals surface area contributed by atoms with E-state index in [0.717, 1.165) is 6.07 Å². The Morgan fingerprint density at radius 2 is 1.92 bits per heavy atom. The van der Waals surface area contributed by atoms with Gasteiger partial charge in [0.2, 0.25) is 0 Å². The minimum absolute atomic E-state index is 0.0826. The second-order valence-corrected chi connectivity index (χ2v) is 2.34. The van der Waals surface area contributed by atoms with E-state index in [1.54, 1.807) is 0 Å². The maximum atomic E-state index is 10.6. The van der Waals surface area contributed by atoms with Crippen molar-refractivity contribution in [2.45, 2.75) is 0 Å². The second kappa shape index (κ2) is 2.44. The average Bonchev–Trinajstić information content (AvgIpc) is 2.42. The Hall–Kier alpha value is -2.11. The van der Waals surface area contributed by atoms with Crippen molar-refractivity contribution in [1.29, 1.82) is 0 Å². The Kier molecular flexibility index (Phi) is 1.42. The third-order valence-corrected chi connectivity index (χ3v) is 1.52. The molecule has 1 aromatic carbocycles. The first-order valence-electron chi connectivity index (χ1n) is 3.35. The van der Waals surface area contributed by atoms with Gasteiger partial charge >= 0.3 is 5.82 Å². The van der Waals surface area contributed by atoms with Crippen molar-refractivity contribution in [3.05, 3.63) is 38.9 Å². The normalized spacial score (nSPS) is 10.5.